The van der Waals surface area contributed by atoms with Gasteiger partial charge < -0.3 is 4.90 Å². The molecule has 6 rings (SSSR count). The second-order valence-corrected chi connectivity index (χ2v) is 10.3. The van der Waals surface area contributed by atoms with E-state index in [9.17, 15) is 5.26 Å². The molecule has 0 spiro atoms. The van der Waals surface area contributed by atoms with Gasteiger partial charge in [-0.1, -0.05) is 12.1 Å². The molecule has 5 heterocycles. The number of hydrogen-bond donors (Lipinski definition) is 0. The zero-order valence-corrected chi connectivity index (χ0v) is 22.1. The minimum atomic E-state index is 0.503. The van der Waals surface area contributed by atoms with Crippen molar-refractivity contribution in [1.82, 2.24) is 34.3 Å². The van der Waals surface area contributed by atoms with Crippen LogP contribution in [0, 0.1) is 11.3 Å². The standard InChI is InChI=1S/C28H27N9S/c1-34-18-23(14-32-34)21-11-25(28-22(12-29)13-33-37(28)19-21)26-15-31-27(16-30-26)36-9-7-35(8-10-36)17-20-3-5-24(38-2)6-4-20/h3-6,11,13-16,18-19H,7-10,17H2,1-2H3. The number of nitrogens with zero attached hydrogens (tertiary/aromatic N) is 9. The molecular formula is C28H27N9S. The van der Waals surface area contributed by atoms with Crippen LogP contribution in [0.25, 0.3) is 27.9 Å². The second kappa shape index (κ2) is 10.3. The van der Waals surface area contributed by atoms with Crippen LogP contribution in [0.15, 0.2) is 72.4 Å². The third-order valence-electron chi connectivity index (χ3n) is 6.95. The Hall–Kier alpha value is -4.20. The molecule has 0 aliphatic carbocycles. The van der Waals surface area contributed by atoms with E-state index in [-0.39, 0.29) is 0 Å². The van der Waals surface area contributed by atoms with Crippen molar-refractivity contribution < 1.29 is 0 Å². The molecule has 0 bridgehead atoms. The van der Waals surface area contributed by atoms with Crippen molar-refractivity contribution in [2.45, 2.75) is 11.4 Å². The van der Waals surface area contributed by atoms with E-state index in [0.29, 0.717) is 11.3 Å². The second-order valence-electron chi connectivity index (χ2n) is 9.38. The average molecular weight is 522 g/mol. The lowest BCUT2D eigenvalue weighted by molar-refractivity contribution is 0.249. The van der Waals surface area contributed by atoms with Crippen LogP contribution in [0.2, 0.25) is 0 Å². The molecule has 5 aromatic rings. The minimum Gasteiger partial charge on any atom is -0.353 e. The molecule has 0 atom stereocenters. The van der Waals surface area contributed by atoms with Crippen molar-refractivity contribution in [1.29, 1.82) is 5.26 Å². The number of anilines is 1. The monoisotopic (exact) mass is 521 g/mol. The summed E-state index contributed by atoms with van der Waals surface area (Å²) in [5.74, 6) is 0.867. The van der Waals surface area contributed by atoms with Gasteiger partial charge >= 0.3 is 0 Å². The molecule has 0 N–H and O–H groups in total. The van der Waals surface area contributed by atoms with Gasteiger partial charge in [-0.05, 0) is 30.0 Å². The van der Waals surface area contributed by atoms with Crippen molar-refractivity contribution in [3.63, 3.8) is 0 Å². The molecule has 10 heteroatoms. The lowest BCUT2D eigenvalue weighted by Crippen LogP contribution is -2.46. The quantitative estimate of drug-likeness (QED) is 0.309. The Morgan fingerprint density at radius 1 is 0.921 bits per heavy atom. The molecule has 1 aliphatic rings. The van der Waals surface area contributed by atoms with E-state index in [1.165, 1.54) is 10.5 Å². The summed E-state index contributed by atoms with van der Waals surface area (Å²) in [6.07, 6.45) is 13.0. The number of nitriles is 1. The Bertz CT molecular complexity index is 1610. The Kier molecular flexibility index (Phi) is 6.54. The van der Waals surface area contributed by atoms with Gasteiger partial charge in [-0.2, -0.15) is 15.5 Å². The van der Waals surface area contributed by atoms with E-state index in [1.807, 2.05) is 37.9 Å². The first-order valence-corrected chi connectivity index (χ1v) is 13.7. The number of aryl methyl sites for hydroxylation is 1. The molecule has 0 radical (unpaired) electrons. The van der Waals surface area contributed by atoms with Gasteiger partial charge in [-0.3, -0.25) is 14.6 Å². The molecule has 4 aromatic heterocycles. The summed E-state index contributed by atoms with van der Waals surface area (Å²) in [6.45, 7) is 4.71. The highest BCUT2D eigenvalue weighted by molar-refractivity contribution is 7.98. The van der Waals surface area contributed by atoms with Gasteiger partial charge in [-0.15, -0.1) is 11.8 Å². The average Bonchev–Trinajstić information content (AvgIpc) is 3.59. The van der Waals surface area contributed by atoms with Crippen LogP contribution < -0.4 is 4.90 Å². The maximum atomic E-state index is 9.67. The highest BCUT2D eigenvalue weighted by Crippen LogP contribution is 2.31. The van der Waals surface area contributed by atoms with Gasteiger partial charge in [0, 0.05) is 73.8 Å². The summed E-state index contributed by atoms with van der Waals surface area (Å²) in [5, 5.41) is 18.4. The first-order valence-electron chi connectivity index (χ1n) is 12.4. The summed E-state index contributed by atoms with van der Waals surface area (Å²) in [6, 6.07) is 13.1. The maximum absolute atomic E-state index is 9.67. The summed E-state index contributed by atoms with van der Waals surface area (Å²) in [7, 11) is 1.89. The summed E-state index contributed by atoms with van der Waals surface area (Å²) < 4.78 is 3.50. The van der Waals surface area contributed by atoms with E-state index < -0.39 is 0 Å². The largest absolute Gasteiger partial charge is 0.353 e. The SMILES string of the molecule is CSc1ccc(CN2CCN(c3cnc(-c4cc(-c5cnn(C)c5)cn5ncc(C#N)c45)cn3)CC2)cc1. The predicted molar refractivity (Wildman–Crippen MR) is 149 cm³/mol. The fourth-order valence-electron chi connectivity index (χ4n) is 4.87. The normalized spacial score (nSPS) is 14.2. The Balaban J connectivity index is 1.21. The van der Waals surface area contributed by atoms with Crippen molar-refractivity contribution >= 4 is 23.1 Å². The lowest BCUT2D eigenvalue weighted by Gasteiger charge is -2.35. The summed E-state index contributed by atoms with van der Waals surface area (Å²) in [5.41, 5.74) is 6.00. The molecule has 190 valence electrons. The number of piperazine rings is 1. The van der Waals surface area contributed by atoms with Gasteiger partial charge in [0.1, 0.15) is 11.9 Å². The number of benzene rings is 1. The molecule has 38 heavy (non-hydrogen) atoms. The van der Waals surface area contributed by atoms with Crippen LogP contribution in [0.4, 0.5) is 5.82 Å². The number of fused-ring (bicyclic) bond motifs is 1. The molecule has 1 aliphatic heterocycles. The Labute approximate surface area is 225 Å². The fourth-order valence-corrected chi connectivity index (χ4v) is 5.28. The lowest BCUT2D eigenvalue weighted by atomic mass is 10.0. The van der Waals surface area contributed by atoms with Crippen molar-refractivity contribution in [2.75, 3.05) is 37.3 Å². The van der Waals surface area contributed by atoms with Gasteiger partial charge in [0.2, 0.25) is 0 Å². The number of pyridine rings is 1. The molecule has 1 aromatic carbocycles. The Morgan fingerprint density at radius 3 is 2.39 bits per heavy atom. The van der Waals surface area contributed by atoms with E-state index >= 15 is 0 Å². The van der Waals surface area contributed by atoms with Gasteiger partial charge in [0.25, 0.3) is 0 Å². The minimum absolute atomic E-state index is 0.503. The van der Waals surface area contributed by atoms with Crippen LogP contribution in [0.1, 0.15) is 11.1 Å². The van der Waals surface area contributed by atoms with E-state index in [4.69, 9.17) is 9.97 Å². The molecule has 1 fully saturated rings. The van der Waals surface area contributed by atoms with E-state index in [2.05, 4.69) is 56.6 Å². The first kappa shape index (κ1) is 24.2. The smallest absolute Gasteiger partial charge is 0.147 e. The van der Waals surface area contributed by atoms with Gasteiger partial charge in [0.05, 0.1) is 41.6 Å². The number of thioether (sulfide) groups is 1. The van der Waals surface area contributed by atoms with Crippen molar-refractivity contribution in [2.24, 2.45) is 7.05 Å². The topological polar surface area (TPSA) is 91.2 Å². The zero-order valence-electron chi connectivity index (χ0n) is 21.3. The maximum Gasteiger partial charge on any atom is 0.147 e. The third kappa shape index (κ3) is 4.74. The molecule has 1 saturated heterocycles. The molecular weight excluding hydrogens is 494 g/mol. The molecule has 0 unspecified atom stereocenters. The summed E-state index contributed by atoms with van der Waals surface area (Å²) in [4.78, 5) is 15.6. The van der Waals surface area contributed by atoms with Crippen LogP contribution in [0.3, 0.4) is 0 Å². The third-order valence-corrected chi connectivity index (χ3v) is 7.69. The highest BCUT2D eigenvalue weighted by Gasteiger charge is 2.20. The molecule has 0 amide bonds. The summed E-state index contributed by atoms with van der Waals surface area (Å²) >= 11 is 1.77. The molecule has 0 saturated carbocycles. The first-order chi connectivity index (χ1) is 18.6. The number of hydrogen-bond acceptors (Lipinski definition) is 8. The fraction of sp³-hybridized carbons (Fsp3) is 0.250. The van der Waals surface area contributed by atoms with Crippen LogP contribution >= 0.6 is 11.8 Å². The van der Waals surface area contributed by atoms with E-state index in [0.717, 1.165) is 60.7 Å². The zero-order chi connectivity index (χ0) is 26.1. The van der Waals surface area contributed by atoms with Crippen molar-refractivity contribution in [3.8, 4) is 28.5 Å². The highest BCUT2D eigenvalue weighted by atomic mass is 32.2. The van der Waals surface area contributed by atoms with E-state index in [1.54, 1.807) is 33.4 Å². The van der Waals surface area contributed by atoms with Crippen LogP contribution in [-0.4, -0.2) is 66.7 Å². The Morgan fingerprint density at radius 2 is 1.74 bits per heavy atom. The predicted octanol–water partition coefficient (Wildman–Crippen LogP) is 4.11. The number of rotatable bonds is 6. The van der Waals surface area contributed by atoms with Crippen LogP contribution in [0.5, 0.6) is 0 Å². The number of aromatic nitrogens is 6. The van der Waals surface area contributed by atoms with Crippen LogP contribution in [-0.2, 0) is 13.6 Å². The van der Waals surface area contributed by atoms with Gasteiger partial charge in [-0.25, -0.2) is 9.50 Å². The molecule has 9 nitrogen and oxygen atoms in total. The van der Waals surface area contributed by atoms with Gasteiger partial charge in [0.15, 0.2) is 0 Å². The van der Waals surface area contributed by atoms with Crippen molar-refractivity contribution in [3.05, 3.63) is 78.6 Å².